The molecule has 0 aliphatic carbocycles. The predicted molar refractivity (Wildman–Crippen MR) is 111 cm³/mol. The third kappa shape index (κ3) is 6.48. The highest BCUT2D eigenvalue weighted by Gasteiger charge is 2.36. The molecule has 7 nitrogen and oxygen atoms in total. The highest BCUT2D eigenvalue weighted by Crippen LogP contribution is 2.28. The van der Waals surface area contributed by atoms with Gasteiger partial charge in [0.1, 0.15) is 5.75 Å². The van der Waals surface area contributed by atoms with E-state index in [1.54, 1.807) is 41.2 Å². The van der Waals surface area contributed by atoms with Crippen molar-refractivity contribution in [3.05, 3.63) is 24.3 Å². The van der Waals surface area contributed by atoms with Gasteiger partial charge < -0.3 is 19.3 Å². The minimum atomic E-state index is -0.579. The van der Waals surface area contributed by atoms with E-state index in [0.717, 1.165) is 0 Å². The van der Waals surface area contributed by atoms with Crippen molar-refractivity contribution in [2.24, 2.45) is 17.8 Å². The van der Waals surface area contributed by atoms with Crippen LogP contribution in [0, 0.1) is 17.8 Å². The fourth-order valence-electron chi connectivity index (χ4n) is 3.40. The van der Waals surface area contributed by atoms with Gasteiger partial charge in [0.25, 0.3) is 5.91 Å². The molecule has 0 radical (unpaired) electrons. The molecule has 0 aromatic heterocycles. The van der Waals surface area contributed by atoms with Gasteiger partial charge in [0.15, 0.2) is 6.61 Å². The summed E-state index contributed by atoms with van der Waals surface area (Å²) >= 11 is 0. The quantitative estimate of drug-likeness (QED) is 0.592. The molecule has 7 heteroatoms. The van der Waals surface area contributed by atoms with Gasteiger partial charge in [0.2, 0.25) is 5.91 Å². The van der Waals surface area contributed by atoms with Crippen molar-refractivity contribution in [2.75, 3.05) is 38.3 Å². The van der Waals surface area contributed by atoms with Crippen LogP contribution in [0.25, 0.3) is 0 Å². The molecule has 1 atom stereocenters. The van der Waals surface area contributed by atoms with E-state index in [9.17, 15) is 14.4 Å². The summed E-state index contributed by atoms with van der Waals surface area (Å²) in [6, 6.07) is 7.14. The van der Waals surface area contributed by atoms with Crippen molar-refractivity contribution < 1.29 is 23.9 Å². The van der Waals surface area contributed by atoms with Gasteiger partial charge >= 0.3 is 5.97 Å². The van der Waals surface area contributed by atoms with Crippen LogP contribution in [0.3, 0.4) is 0 Å². The normalized spacial score (nSPS) is 16.4. The highest BCUT2D eigenvalue weighted by atomic mass is 16.5. The zero-order valence-electron chi connectivity index (χ0n) is 18.0. The van der Waals surface area contributed by atoms with Gasteiger partial charge in [0, 0.05) is 37.8 Å². The maximum Gasteiger partial charge on any atom is 0.311 e. The lowest BCUT2D eigenvalue weighted by atomic mass is 10.1. The molecule has 1 aliphatic heterocycles. The smallest absolute Gasteiger partial charge is 0.311 e. The average molecular weight is 405 g/mol. The number of amides is 2. The van der Waals surface area contributed by atoms with E-state index in [1.165, 1.54) is 0 Å². The zero-order valence-corrected chi connectivity index (χ0v) is 18.0. The summed E-state index contributed by atoms with van der Waals surface area (Å²) in [6.07, 6.45) is 0.0753. The van der Waals surface area contributed by atoms with Crippen LogP contribution in [0.15, 0.2) is 24.3 Å². The molecule has 1 heterocycles. The molecule has 0 saturated carbocycles. The van der Waals surface area contributed by atoms with Gasteiger partial charge in [-0.05, 0) is 24.0 Å². The molecule has 1 aromatic carbocycles. The summed E-state index contributed by atoms with van der Waals surface area (Å²) in [5.74, 6) is -0.129. The van der Waals surface area contributed by atoms with E-state index in [4.69, 9.17) is 9.47 Å². The van der Waals surface area contributed by atoms with Crippen molar-refractivity contribution >= 4 is 23.5 Å². The Hall–Kier alpha value is -2.57. The first-order valence-electron chi connectivity index (χ1n) is 10.1. The SMILES string of the molecule is COc1cccc(N2CC(C(=O)OCC(=O)N(CC(C)C)CC(C)C)CC2=O)c1. The van der Waals surface area contributed by atoms with Gasteiger partial charge in [0.05, 0.1) is 13.0 Å². The fraction of sp³-hybridized carbons (Fsp3) is 0.591. The number of carbonyl (C=O) groups excluding carboxylic acids is 3. The summed E-state index contributed by atoms with van der Waals surface area (Å²) in [5.41, 5.74) is 0.681. The highest BCUT2D eigenvalue weighted by molar-refractivity contribution is 5.99. The van der Waals surface area contributed by atoms with E-state index in [1.807, 2.05) is 27.7 Å². The predicted octanol–water partition coefficient (Wildman–Crippen LogP) is 2.73. The molecule has 160 valence electrons. The lowest BCUT2D eigenvalue weighted by Crippen LogP contribution is -2.40. The Morgan fingerprint density at radius 2 is 1.83 bits per heavy atom. The van der Waals surface area contributed by atoms with Crippen LogP contribution < -0.4 is 9.64 Å². The zero-order chi connectivity index (χ0) is 21.6. The van der Waals surface area contributed by atoms with Crippen molar-refractivity contribution in [3.63, 3.8) is 0 Å². The third-order valence-corrected chi connectivity index (χ3v) is 4.69. The molecule has 1 unspecified atom stereocenters. The van der Waals surface area contributed by atoms with E-state index in [-0.39, 0.29) is 31.4 Å². The van der Waals surface area contributed by atoms with E-state index in [0.29, 0.717) is 36.4 Å². The summed E-state index contributed by atoms with van der Waals surface area (Å²) in [7, 11) is 1.56. The van der Waals surface area contributed by atoms with Crippen LogP contribution in [-0.2, 0) is 19.1 Å². The minimum Gasteiger partial charge on any atom is -0.497 e. The average Bonchev–Trinajstić information content (AvgIpc) is 3.06. The topological polar surface area (TPSA) is 76.2 Å². The monoisotopic (exact) mass is 404 g/mol. The Bertz CT molecular complexity index is 722. The number of ether oxygens (including phenoxy) is 2. The lowest BCUT2D eigenvalue weighted by Gasteiger charge is -2.26. The second kappa shape index (κ2) is 10.3. The molecule has 1 saturated heterocycles. The summed E-state index contributed by atoms with van der Waals surface area (Å²) in [4.78, 5) is 40.7. The van der Waals surface area contributed by atoms with E-state index in [2.05, 4.69) is 0 Å². The van der Waals surface area contributed by atoms with Crippen LogP contribution in [0.1, 0.15) is 34.1 Å². The standard InChI is InChI=1S/C22H32N2O5/c1-15(2)11-23(12-16(3)4)21(26)14-29-22(27)17-9-20(25)24(13-17)18-7-6-8-19(10-18)28-5/h6-8,10,15-17H,9,11-14H2,1-5H3. The number of rotatable bonds is 9. The van der Waals surface area contributed by atoms with Gasteiger partial charge in [-0.25, -0.2) is 0 Å². The third-order valence-electron chi connectivity index (χ3n) is 4.69. The molecular formula is C22H32N2O5. The van der Waals surface area contributed by atoms with Crippen molar-refractivity contribution in [1.29, 1.82) is 0 Å². The first-order chi connectivity index (χ1) is 13.7. The van der Waals surface area contributed by atoms with Crippen LogP contribution >= 0.6 is 0 Å². The number of benzene rings is 1. The first-order valence-corrected chi connectivity index (χ1v) is 10.1. The summed E-state index contributed by atoms with van der Waals surface area (Å²) in [6.45, 7) is 9.38. The molecular weight excluding hydrogens is 372 g/mol. The van der Waals surface area contributed by atoms with Crippen LogP contribution in [-0.4, -0.2) is 56.0 Å². The Balaban J connectivity index is 1.93. The van der Waals surface area contributed by atoms with Crippen molar-refractivity contribution in [1.82, 2.24) is 4.90 Å². The molecule has 2 amide bonds. The van der Waals surface area contributed by atoms with Gasteiger partial charge in [-0.15, -0.1) is 0 Å². The fourth-order valence-corrected chi connectivity index (χ4v) is 3.40. The number of hydrogen-bond donors (Lipinski definition) is 0. The number of nitrogens with zero attached hydrogens (tertiary/aromatic N) is 2. The van der Waals surface area contributed by atoms with Crippen molar-refractivity contribution in [3.8, 4) is 5.75 Å². The molecule has 0 N–H and O–H groups in total. The summed E-state index contributed by atoms with van der Waals surface area (Å²) in [5, 5.41) is 0. The second-order valence-corrected chi connectivity index (χ2v) is 8.30. The summed E-state index contributed by atoms with van der Waals surface area (Å²) < 4.78 is 10.5. The first kappa shape index (κ1) is 22.7. The Morgan fingerprint density at radius 1 is 1.17 bits per heavy atom. The maximum atomic E-state index is 12.5. The Morgan fingerprint density at radius 3 is 2.41 bits per heavy atom. The lowest BCUT2D eigenvalue weighted by molar-refractivity contribution is -0.155. The van der Waals surface area contributed by atoms with E-state index < -0.39 is 11.9 Å². The molecule has 0 spiro atoms. The van der Waals surface area contributed by atoms with Crippen molar-refractivity contribution in [2.45, 2.75) is 34.1 Å². The number of carbonyl (C=O) groups is 3. The molecule has 0 bridgehead atoms. The number of hydrogen-bond acceptors (Lipinski definition) is 5. The molecule has 1 aliphatic rings. The minimum absolute atomic E-state index is 0.0753. The maximum absolute atomic E-state index is 12.5. The Kier molecular flexibility index (Phi) is 8.05. The van der Waals surface area contributed by atoms with Crippen LogP contribution in [0.5, 0.6) is 5.75 Å². The number of methoxy groups -OCH3 is 1. The van der Waals surface area contributed by atoms with Gasteiger partial charge in [-0.1, -0.05) is 33.8 Å². The van der Waals surface area contributed by atoms with Crippen LogP contribution in [0.2, 0.25) is 0 Å². The molecule has 29 heavy (non-hydrogen) atoms. The number of anilines is 1. The van der Waals surface area contributed by atoms with Crippen LogP contribution in [0.4, 0.5) is 5.69 Å². The van der Waals surface area contributed by atoms with E-state index >= 15 is 0 Å². The molecule has 2 rings (SSSR count). The largest absolute Gasteiger partial charge is 0.497 e. The number of esters is 1. The molecule has 1 aromatic rings. The van der Waals surface area contributed by atoms with Gasteiger partial charge in [-0.2, -0.15) is 0 Å². The molecule has 1 fully saturated rings. The Labute approximate surface area is 172 Å². The van der Waals surface area contributed by atoms with Gasteiger partial charge in [-0.3, -0.25) is 14.4 Å². The second-order valence-electron chi connectivity index (χ2n) is 8.30.